The van der Waals surface area contributed by atoms with E-state index in [0.29, 0.717) is 6.54 Å². The number of terminal acetylenes is 1. The van der Waals surface area contributed by atoms with E-state index in [1.807, 2.05) is 18.2 Å². The van der Waals surface area contributed by atoms with E-state index in [9.17, 15) is 0 Å². The maximum Gasteiger partial charge on any atom is 0.0852 e. The van der Waals surface area contributed by atoms with Crippen LogP contribution >= 0.6 is 12.2 Å². The molecule has 0 aromatic carbocycles. The second kappa shape index (κ2) is 6.97. The van der Waals surface area contributed by atoms with E-state index in [1.165, 1.54) is 0 Å². The molecule has 0 radical (unpaired) electrons. The third-order valence-electron chi connectivity index (χ3n) is 2.30. The monoisotopic (exact) mass is 232 g/mol. The van der Waals surface area contributed by atoms with Gasteiger partial charge in [0.15, 0.2) is 0 Å². The normalized spacial score (nSPS) is 11.5. The zero-order valence-electron chi connectivity index (χ0n) is 9.44. The Bertz CT molecular complexity index is 367. The zero-order chi connectivity index (χ0) is 11.8. The Morgan fingerprint density at radius 1 is 1.62 bits per heavy atom. The van der Waals surface area contributed by atoms with E-state index >= 15 is 0 Å². The highest BCUT2D eigenvalue weighted by Crippen LogP contribution is 2.20. The summed E-state index contributed by atoms with van der Waals surface area (Å²) >= 11 is 5.34. The van der Waals surface area contributed by atoms with E-state index in [2.05, 4.69) is 23.1 Å². The smallest absolute Gasteiger partial charge is 0.0852 e. The SMILES string of the molecule is C#CCNC(=S)C(CCC)c1ccccn1. The summed E-state index contributed by atoms with van der Waals surface area (Å²) in [5.41, 5.74) is 1.01. The van der Waals surface area contributed by atoms with E-state index in [4.69, 9.17) is 18.6 Å². The number of nitrogens with one attached hydrogen (secondary N) is 1. The van der Waals surface area contributed by atoms with E-state index < -0.39 is 0 Å². The summed E-state index contributed by atoms with van der Waals surface area (Å²) in [5.74, 6) is 2.70. The van der Waals surface area contributed by atoms with Crippen LogP contribution in [0.1, 0.15) is 31.4 Å². The van der Waals surface area contributed by atoms with Gasteiger partial charge in [-0.3, -0.25) is 4.98 Å². The van der Waals surface area contributed by atoms with Crippen LogP contribution in [-0.4, -0.2) is 16.5 Å². The van der Waals surface area contributed by atoms with Crippen molar-refractivity contribution in [1.29, 1.82) is 0 Å². The zero-order valence-corrected chi connectivity index (χ0v) is 10.3. The lowest BCUT2D eigenvalue weighted by Crippen LogP contribution is -2.28. The first-order valence-electron chi connectivity index (χ1n) is 5.41. The quantitative estimate of drug-likeness (QED) is 0.624. The highest BCUT2D eigenvalue weighted by atomic mass is 32.1. The first kappa shape index (κ1) is 12.7. The van der Waals surface area contributed by atoms with Gasteiger partial charge in [-0.2, -0.15) is 0 Å². The Balaban J connectivity index is 2.75. The highest BCUT2D eigenvalue weighted by molar-refractivity contribution is 7.80. The minimum atomic E-state index is 0.176. The predicted octanol–water partition coefficient (Wildman–Crippen LogP) is 2.52. The molecule has 1 unspecified atom stereocenters. The highest BCUT2D eigenvalue weighted by Gasteiger charge is 2.16. The molecule has 84 valence electrons. The summed E-state index contributed by atoms with van der Waals surface area (Å²) in [5, 5.41) is 3.07. The molecule has 1 aromatic rings. The summed E-state index contributed by atoms with van der Waals surface area (Å²) in [4.78, 5) is 5.14. The van der Waals surface area contributed by atoms with E-state index in [0.717, 1.165) is 23.5 Å². The van der Waals surface area contributed by atoms with Gasteiger partial charge >= 0.3 is 0 Å². The molecule has 0 spiro atoms. The average Bonchev–Trinajstić information content (AvgIpc) is 2.34. The number of rotatable bonds is 5. The molecule has 1 heterocycles. The molecule has 0 saturated heterocycles. The van der Waals surface area contributed by atoms with Crippen molar-refractivity contribution < 1.29 is 0 Å². The molecule has 0 saturated carbocycles. The fourth-order valence-electron chi connectivity index (χ4n) is 1.55. The lowest BCUT2D eigenvalue weighted by molar-refractivity contribution is 0.716. The van der Waals surface area contributed by atoms with Gasteiger partial charge in [0.25, 0.3) is 0 Å². The van der Waals surface area contributed by atoms with Gasteiger partial charge in [-0.1, -0.05) is 37.5 Å². The second-order valence-corrected chi connectivity index (χ2v) is 3.96. The first-order chi connectivity index (χ1) is 7.79. The summed E-state index contributed by atoms with van der Waals surface area (Å²) in [6.45, 7) is 2.62. The number of thiocarbonyl (C=S) groups is 1. The van der Waals surface area contributed by atoms with Crippen LogP contribution < -0.4 is 5.32 Å². The molecule has 1 rings (SSSR count). The summed E-state index contributed by atoms with van der Waals surface area (Å²) in [7, 11) is 0. The number of pyridine rings is 1. The number of nitrogens with zero attached hydrogens (tertiary/aromatic N) is 1. The lowest BCUT2D eigenvalue weighted by Gasteiger charge is -2.17. The van der Waals surface area contributed by atoms with Gasteiger partial charge in [-0.25, -0.2) is 0 Å². The lowest BCUT2D eigenvalue weighted by atomic mass is 9.99. The molecule has 3 heteroatoms. The molecule has 1 atom stereocenters. The Hall–Kier alpha value is -1.40. The third kappa shape index (κ3) is 3.63. The molecule has 0 fully saturated rings. The van der Waals surface area contributed by atoms with Gasteiger partial charge in [0, 0.05) is 6.20 Å². The van der Waals surface area contributed by atoms with Crippen molar-refractivity contribution >= 4 is 17.2 Å². The standard InChI is InChI=1S/C13H16N2S/c1-3-7-11(13(16)15-9-4-2)12-8-5-6-10-14-12/h2,5-6,8,10-11H,3,7,9H2,1H3,(H,15,16). The van der Waals surface area contributed by atoms with Crippen LogP contribution in [0.2, 0.25) is 0 Å². The van der Waals surface area contributed by atoms with Gasteiger partial charge in [0.2, 0.25) is 0 Å². The number of hydrogen-bond acceptors (Lipinski definition) is 2. The van der Waals surface area contributed by atoms with Crippen LogP contribution in [0.4, 0.5) is 0 Å². The van der Waals surface area contributed by atoms with Crippen molar-refractivity contribution in [3.05, 3.63) is 30.1 Å². The van der Waals surface area contributed by atoms with E-state index in [-0.39, 0.29) is 5.92 Å². The van der Waals surface area contributed by atoms with Gasteiger partial charge < -0.3 is 5.32 Å². The Morgan fingerprint density at radius 3 is 3.00 bits per heavy atom. The van der Waals surface area contributed by atoms with Crippen molar-refractivity contribution in [1.82, 2.24) is 10.3 Å². The first-order valence-corrected chi connectivity index (χ1v) is 5.82. The molecule has 0 bridgehead atoms. The maximum absolute atomic E-state index is 5.34. The van der Waals surface area contributed by atoms with Crippen molar-refractivity contribution in [3.8, 4) is 12.3 Å². The van der Waals surface area contributed by atoms with Gasteiger partial charge in [0.1, 0.15) is 0 Å². The van der Waals surface area contributed by atoms with Gasteiger partial charge in [-0.05, 0) is 18.6 Å². The summed E-state index contributed by atoms with van der Waals surface area (Å²) in [6.07, 6.45) is 9.06. The number of aromatic nitrogens is 1. The molecule has 1 N–H and O–H groups in total. The molecular formula is C13H16N2S. The molecule has 0 aliphatic rings. The topological polar surface area (TPSA) is 24.9 Å². The molecule has 0 aliphatic heterocycles. The minimum Gasteiger partial charge on any atom is -0.368 e. The van der Waals surface area contributed by atoms with Gasteiger partial charge in [0.05, 0.1) is 23.1 Å². The minimum absolute atomic E-state index is 0.176. The van der Waals surface area contributed by atoms with Crippen molar-refractivity contribution in [2.24, 2.45) is 0 Å². The van der Waals surface area contributed by atoms with Crippen molar-refractivity contribution in [2.45, 2.75) is 25.7 Å². The van der Waals surface area contributed by atoms with Crippen LogP contribution in [-0.2, 0) is 0 Å². The fourth-order valence-corrected chi connectivity index (χ4v) is 1.86. The van der Waals surface area contributed by atoms with Crippen LogP contribution in [0.3, 0.4) is 0 Å². The van der Waals surface area contributed by atoms with Crippen molar-refractivity contribution in [3.63, 3.8) is 0 Å². The average molecular weight is 232 g/mol. The Kier molecular flexibility index (Phi) is 5.52. The molecule has 2 nitrogen and oxygen atoms in total. The molecule has 0 amide bonds. The molecule has 1 aromatic heterocycles. The summed E-state index contributed by atoms with van der Waals surface area (Å²) in [6, 6.07) is 5.89. The fraction of sp³-hybridized carbons (Fsp3) is 0.385. The largest absolute Gasteiger partial charge is 0.368 e. The molecule has 16 heavy (non-hydrogen) atoms. The van der Waals surface area contributed by atoms with Crippen LogP contribution in [0.25, 0.3) is 0 Å². The second-order valence-electron chi connectivity index (χ2n) is 3.52. The Labute approximate surface area is 102 Å². The third-order valence-corrected chi connectivity index (χ3v) is 2.73. The molecule has 0 aliphatic carbocycles. The maximum atomic E-state index is 5.34. The molecular weight excluding hydrogens is 216 g/mol. The van der Waals surface area contributed by atoms with Crippen LogP contribution in [0.15, 0.2) is 24.4 Å². The van der Waals surface area contributed by atoms with Crippen molar-refractivity contribution in [2.75, 3.05) is 6.54 Å². The Morgan fingerprint density at radius 2 is 2.44 bits per heavy atom. The van der Waals surface area contributed by atoms with Crippen LogP contribution in [0.5, 0.6) is 0 Å². The predicted molar refractivity (Wildman–Crippen MR) is 71.3 cm³/mol. The van der Waals surface area contributed by atoms with Crippen LogP contribution in [0, 0.1) is 12.3 Å². The van der Waals surface area contributed by atoms with Gasteiger partial charge in [-0.15, -0.1) is 6.42 Å². The van der Waals surface area contributed by atoms with E-state index in [1.54, 1.807) is 6.20 Å². The summed E-state index contributed by atoms with van der Waals surface area (Å²) < 4.78 is 0. The number of hydrogen-bond donors (Lipinski definition) is 1.